The van der Waals surface area contributed by atoms with Crippen molar-refractivity contribution < 1.29 is 15.0 Å². The Morgan fingerprint density at radius 2 is 1.55 bits per heavy atom. The molecule has 0 saturated heterocycles. The fraction of sp³-hybridized carbons (Fsp3) is 0.941. The van der Waals surface area contributed by atoms with Gasteiger partial charge in [0.15, 0.2) is 0 Å². The number of nitrogens with zero attached hydrogens (tertiary/aromatic N) is 1. The van der Waals surface area contributed by atoms with E-state index in [2.05, 4.69) is 12.2 Å². The number of carboxylic acid groups (broad SMARTS) is 1. The topological polar surface area (TPSA) is 72.8 Å². The molecule has 22 heavy (non-hydrogen) atoms. The highest BCUT2D eigenvalue weighted by Crippen LogP contribution is 2.07. The zero-order chi connectivity index (χ0) is 16.5. The van der Waals surface area contributed by atoms with Gasteiger partial charge in [-0.15, -0.1) is 0 Å². The predicted molar refractivity (Wildman–Crippen MR) is 91.3 cm³/mol. The minimum Gasteiger partial charge on any atom is -0.481 e. The number of carboxylic acids is 1. The highest BCUT2D eigenvalue weighted by molar-refractivity contribution is 5.66. The summed E-state index contributed by atoms with van der Waals surface area (Å²) >= 11 is 0. The van der Waals surface area contributed by atoms with E-state index in [1.165, 1.54) is 51.4 Å². The first-order chi connectivity index (χ1) is 10.7. The fourth-order valence-electron chi connectivity index (χ4n) is 2.48. The van der Waals surface area contributed by atoms with Gasteiger partial charge in [-0.1, -0.05) is 51.9 Å². The molecule has 0 saturated carbocycles. The number of unbranched alkanes of at least 4 members (excludes halogenated alkanes) is 7. The van der Waals surface area contributed by atoms with Gasteiger partial charge < -0.3 is 15.5 Å². The SMILES string of the molecule is CCCCCCCCCCNCCN(CCO)CCC(=O)O. The van der Waals surface area contributed by atoms with E-state index >= 15 is 0 Å². The lowest BCUT2D eigenvalue weighted by molar-refractivity contribution is -0.137. The van der Waals surface area contributed by atoms with Crippen molar-refractivity contribution in [3.05, 3.63) is 0 Å². The molecule has 0 aliphatic carbocycles. The first-order valence-electron chi connectivity index (χ1n) is 8.96. The standard InChI is InChI=1S/C17H36N2O3/c1-2-3-4-5-6-7-8-9-11-18-12-14-19(15-16-20)13-10-17(21)22/h18,20H,2-16H2,1H3,(H,21,22). The minimum atomic E-state index is -0.783. The monoisotopic (exact) mass is 316 g/mol. The maximum absolute atomic E-state index is 10.6. The van der Waals surface area contributed by atoms with Crippen molar-refractivity contribution in [1.82, 2.24) is 10.2 Å². The van der Waals surface area contributed by atoms with E-state index in [-0.39, 0.29) is 13.0 Å². The molecule has 3 N–H and O–H groups in total. The number of carbonyl (C=O) groups is 1. The van der Waals surface area contributed by atoms with Gasteiger partial charge in [0.2, 0.25) is 0 Å². The number of hydrogen-bond acceptors (Lipinski definition) is 4. The van der Waals surface area contributed by atoms with Gasteiger partial charge in [0.1, 0.15) is 0 Å². The van der Waals surface area contributed by atoms with Gasteiger partial charge >= 0.3 is 5.97 Å². The summed E-state index contributed by atoms with van der Waals surface area (Å²) in [5.74, 6) is -0.783. The highest BCUT2D eigenvalue weighted by Gasteiger charge is 2.06. The normalized spacial score (nSPS) is 11.2. The van der Waals surface area contributed by atoms with Crippen LogP contribution in [0, 0.1) is 0 Å². The second kappa shape index (κ2) is 16.7. The van der Waals surface area contributed by atoms with E-state index < -0.39 is 5.97 Å². The summed E-state index contributed by atoms with van der Waals surface area (Å²) < 4.78 is 0. The van der Waals surface area contributed by atoms with Gasteiger partial charge in [-0.25, -0.2) is 0 Å². The van der Waals surface area contributed by atoms with Gasteiger partial charge in [0, 0.05) is 26.2 Å². The van der Waals surface area contributed by atoms with E-state index in [0.29, 0.717) is 13.1 Å². The second-order valence-corrected chi connectivity index (χ2v) is 5.93. The number of rotatable bonds is 17. The molecule has 0 amide bonds. The molecule has 0 spiro atoms. The molecular formula is C17H36N2O3. The molecule has 0 aromatic heterocycles. The molecule has 0 rings (SSSR count). The van der Waals surface area contributed by atoms with Crippen LogP contribution in [0.4, 0.5) is 0 Å². The third-order valence-electron chi connectivity index (χ3n) is 3.87. The lowest BCUT2D eigenvalue weighted by atomic mass is 10.1. The lowest BCUT2D eigenvalue weighted by Crippen LogP contribution is -2.35. The summed E-state index contributed by atoms with van der Waals surface area (Å²) in [4.78, 5) is 12.6. The van der Waals surface area contributed by atoms with Crippen molar-refractivity contribution in [2.24, 2.45) is 0 Å². The first kappa shape index (κ1) is 21.4. The van der Waals surface area contributed by atoms with Crippen LogP contribution in [0.25, 0.3) is 0 Å². The summed E-state index contributed by atoms with van der Waals surface area (Å²) in [6.07, 6.45) is 10.8. The summed E-state index contributed by atoms with van der Waals surface area (Å²) in [5, 5.41) is 21.1. The van der Waals surface area contributed by atoms with Crippen molar-refractivity contribution in [1.29, 1.82) is 0 Å². The Balaban J connectivity index is 3.36. The van der Waals surface area contributed by atoms with E-state index in [4.69, 9.17) is 10.2 Å². The Morgan fingerprint density at radius 1 is 0.909 bits per heavy atom. The summed E-state index contributed by atoms with van der Waals surface area (Å²) in [5.41, 5.74) is 0. The molecule has 132 valence electrons. The Hall–Kier alpha value is -0.650. The highest BCUT2D eigenvalue weighted by atomic mass is 16.4. The second-order valence-electron chi connectivity index (χ2n) is 5.93. The number of hydrogen-bond donors (Lipinski definition) is 3. The van der Waals surface area contributed by atoms with Crippen LogP contribution in [0.1, 0.15) is 64.7 Å². The van der Waals surface area contributed by atoms with E-state index in [1.807, 2.05) is 4.90 Å². The van der Waals surface area contributed by atoms with Gasteiger partial charge in [-0.05, 0) is 13.0 Å². The van der Waals surface area contributed by atoms with Crippen LogP contribution in [0.5, 0.6) is 0 Å². The maximum Gasteiger partial charge on any atom is 0.304 e. The van der Waals surface area contributed by atoms with Crippen LogP contribution in [0.2, 0.25) is 0 Å². The Bertz CT molecular complexity index is 250. The minimum absolute atomic E-state index is 0.0810. The summed E-state index contributed by atoms with van der Waals surface area (Å²) in [6, 6.07) is 0. The molecule has 5 nitrogen and oxygen atoms in total. The largest absolute Gasteiger partial charge is 0.481 e. The van der Waals surface area contributed by atoms with Gasteiger partial charge in [-0.3, -0.25) is 9.69 Å². The molecule has 0 radical (unpaired) electrons. The van der Waals surface area contributed by atoms with Crippen LogP contribution in [0.3, 0.4) is 0 Å². The fourth-order valence-corrected chi connectivity index (χ4v) is 2.48. The molecule has 5 heteroatoms. The number of nitrogens with one attached hydrogen (secondary N) is 1. The molecule has 0 atom stereocenters. The average molecular weight is 316 g/mol. The number of aliphatic hydroxyl groups excluding tert-OH is 1. The van der Waals surface area contributed by atoms with Crippen molar-refractivity contribution in [2.45, 2.75) is 64.7 Å². The van der Waals surface area contributed by atoms with Crippen LogP contribution >= 0.6 is 0 Å². The van der Waals surface area contributed by atoms with Gasteiger partial charge in [0.25, 0.3) is 0 Å². The predicted octanol–water partition coefficient (Wildman–Crippen LogP) is 2.49. The third kappa shape index (κ3) is 15.7. The molecule has 0 aliphatic rings. The lowest BCUT2D eigenvalue weighted by Gasteiger charge is -2.20. The molecule has 0 aromatic rings. The molecule has 0 heterocycles. The van der Waals surface area contributed by atoms with Crippen molar-refractivity contribution >= 4 is 5.97 Å². The van der Waals surface area contributed by atoms with Crippen LogP contribution in [-0.4, -0.2) is 60.4 Å². The number of aliphatic carboxylic acids is 1. The van der Waals surface area contributed by atoms with Crippen molar-refractivity contribution in [3.8, 4) is 0 Å². The van der Waals surface area contributed by atoms with E-state index in [1.54, 1.807) is 0 Å². The van der Waals surface area contributed by atoms with Crippen molar-refractivity contribution in [3.63, 3.8) is 0 Å². The Kier molecular flexibility index (Phi) is 16.2. The maximum atomic E-state index is 10.6. The summed E-state index contributed by atoms with van der Waals surface area (Å²) in [6.45, 7) is 6.07. The smallest absolute Gasteiger partial charge is 0.304 e. The Labute approximate surface area is 136 Å². The van der Waals surface area contributed by atoms with Crippen LogP contribution < -0.4 is 5.32 Å². The van der Waals surface area contributed by atoms with Crippen molar-refractivity contribution in [2.75, 3.05) is 39.3 Å². The Morgan fingerprint density at radius 3 is 2.14 bits per heavy atom. The molecular weight excluding hydrogens is 280 g/mol. The van der Waals surface area contributed by atoms with Crippen LogP contribution in [0.15, 0.2) is 0 Å². The van der Waals surface area contributed by atoms with Gasteiger partial charge in [-0.2, -0.15) is 0 Å². The summed E-state index contributed by atoms with van der Waals surface area (Å²) in [7, 11) is 0. The quantitative estimate of drug-likeness (QED) is 0.360. The zero-order valence-corrected chi connectivity index (χ0v) is 14.4. The third-order valence-corrected chi connectivity index (χ3v) is 3.87. The molecule has 0 aliphatic heterocycles. The van der Waals surface area contributed by atoms with E-state index in [0.717, 1.165) is 19.6 Å². The van der Waals surface area contributed by atoms with Gasteiger partial charge in [0.05, 0.1) is 13.0 Å². The van der Waals surface area contributed by atoms with E-state index in [9.17, 15) is 4.79 Å². The molecule has 0 unspecified atom stereocenters. The first-order valence-corrected chi connectivity index (χ1v) is 8.96. The van der Waals surface area contributed by atoms with Crippen LogP contribution in [-0.2, 0) is 4.79 Å². The molecule has 0 fully saturated rings. The zero-order valence-electron chi connectivity index (χ0n) is 14.4. The average Bonchev–Trinajstić information content (AvgIpc) is 2.50. The molecule has 0 aromatic carbocycles. The number of aliphatic hydroxyl groups is 1. The molecule has 0 bridgehead atoms.